The average molecular weight is 409 g/mol. The number of amides is 1. The standard InChI is InChI=1S/C18H20N2O5S2/c1-12-5-4-6-15(9-12)19-27(24,25)18-13(2)10-16(11-14(18)3)20-17(21)7-8-26(20,22)23/h4-6,9-11,19H,7-8H2,1-3H3. The lowest BCUT2D eigenvalue weighted by molar-refractivity contribution is -0.116. The van der Waals surface area contributed by atoms with Crippen LogP contribution in [0.5, 0.6) is 0 Å². The Balaban J connectivity index is 2.04. The highest BCUT2D eigenvalue weighted by Gasteiger charge is 2.37. The summed E-state index contributed by atoms with van der Waals surface area (Å²) in [5.74, 6) is -0.749. The lowest BCUT2D eigenvalue weighted by Crippen LogP contribution is -2.29. The largest absolute Gasteiger partial charge is 0.280 e. The smallest absolute Gasteiger partial charge is 0.262 e. The van der Waals surface area contributed by atoms with Crippen LogP contribution in [-0.4, -0.2) is 28.5 Å². The molecule has 9 heteroatoms. The number of aryl methyl sites for hydroxylation is 3. The van der Waals surface area contributed by atoms with Crippen molar-refractivity contribution in [2.24, 2.45) is 0 Å². The van der Waals surface area contributed by atoms with E-state index < -0.39 is 26.0 Å². The maximum Gasteiger partial charge on any atom is 0.262 e. The molecule has 1 N–H and O–H groups in total. The van der Waals surface area contributed by atoms with Crippen LogP contribution in [0.3, 0.4) is 0 Å². The van der Waals surface area contributed by atoms with Crippen molar-refractivity contribution >= 4 is 37.3 Å². The normalized spacial score (nSPS) is 16.6. The number of carbonyl (C=O) groups is 1. The molecular weight excluding hydrogens is 388 g/mol. The second kappa shape index (κ2) is 6.65. The Morgan fingerprint density at radius 3 is 2.19 bits per heavy atom. The van der Waals surface area contributed by atoms with Crippen molar-refractivity contribution in [2.45, 2.75) is 32.1 Å². The lowest BCUT2D eigenvalue weighted by Gasteiger charge is -2.19. The number of anilines is 2. The summed E-state index contributed by atoms with van der Waals surface area (Å²) in [5, 5.41) is 0. The Bertz CT molecular complexity index is 1120. The van der Waals surface area contributed by atoms with Gasteiger partial charge in [-0.1, -0.05) is 12.1 Å². The van der Waals surface area contributed by atoms with Crippen LogP contribution in [0, 0.1) is 20.8 Å². The van der Waals surface area contributed by atoms with E-state index in [1.165, 1.54) is 12.1 Å². The predicted molar refractivity (Wildman–Crippen MR) is 104 cm³/mol. The van der Waals surface area contributed by atoms with Gasteiger partial charge in [-0.25, -0.2) is 21.1 Å². The summed E-state index contributed by atoms with van der Waals surface area (Å²) in [6, 6.07) is 9.80. The SMILES string of the molecule is Cc1cccc(NS(=O)(=O)c2c(C)cc(N3C(=O)CCS3(=O)=O)cc2C)c1. The highest BCUT2D eigenvalue weighted by Crippen LogP contribution is 2.32. The minimum Gasteiger partial charge on any atom is -0.280 e. The third-order valence-electron chi connectivity index (χ3n) is 4.30. The number of nitrogens with one attached hydrogen (secondary N) is 1. The molecule has 1 aliphatic rings. The van der Waals surface area contributed by atoms with Crippen molar-refractivity contribution in [2.75, 3.05) is 14.8 Å². The van der Waals surface area contributed by atoms with Crippen molar-refractivity contribution in [1.29, 1.82) is 0 Å². The molecular formula is C18H20N2O5S2. The number of hydrogen-bond acceptors (Lipinski definition) is 5. The van der Waals surface area contributed by atoms with E-state index in [-0.39, 0.29) is 22.8 Å². The topological polar surface area (TPSA) is 101 Å². The van der Waals surface area contributed by atoms with Crippen molar-refractivity contribution in [3.8, 4) is 0 Å². The molecule has 0 unspecified atom stereocenters. The fourth-order valence-corrected chi connectivity index (χ4v) is 6.20. The quantitative estimate of drug-likeness (QED) is 0.838. The van der Waals surface area contributed by atoms with E-state index in [4.69, 9.17) is 0 Å². The molecule has 1 heterocycles. The molecule has 0 spiro atoms. The third-order valence-corrected chi connectivity index (χ3v) is 7.67. The number of carbonyl (C=O) groups excluding carboxylic acids is 1. The molecule has 1 fully saturated rings. The van der Waals surface area contributed by atoms with E-state index in [1.807, 2.05) is 13.0 Å². The molecule has 2 aromatic carbocycles. The molecule has 0 saturated carbocycles. The monoisotopic (exact) mass is 408 g/mol. The molecule has 0 aromatic heterocycles. The van der Waals surface area contributed by atoms with E-state index in [1.54, 1.807) is 32.0 Å². The molecule has 27 heavy (non-hydrogen) atoms. The molecule has 1 aliphatic heterocycles. The van der Waals surface area contributed by atoms with Gasteiger partial charge in [-0.2, -0.15) is 0 Å². The fourth-order valence-electron chi connectivity index (χ4n) is 3.25. The molecule has 0 bridgehead atoms. The second-order valence-electron chi connectivity index (χ2n) is 6.61. The Hall–Kier alpha value is -2.39. The van der Waals surface area contributed by atoms with Crippen molar-refractivity contribution in [1.82, 2.24) is 0 Å². The van der Waals surface area contributed by atoms with Crippen LogP contribution in [0.1, 0.15) is 23.1 Å². The zero-order valence-electron chi connectivity index (χ0n) is 15.2. The number of rotatable bonds is 4. The molecule has 0 atom stereocenters. The first kappa shape index (κ1) is 19.4. The van der Waals surface area contributed by atoms with Gasteiger partial charge in [-0.3, -0.25) is 9.52 Å². The fraction of sp³-hybridized carbons (Fsp3) is 0.278. The van der Waals surface area contributed by atoms with Gasteiger partial charge < -0.3 is 0 Å². The van der Waals surface area contributed by atoms with Crippen LogP contribution in [0.2, 0.25) is 0 Å². The van der Waals surface area contributed by atoms with E-state index in [9.17, 15) is 21.6 Å². The van der Waals surface area contributed by atoms with Gasteiger partial charge in [0, 0.05) is 12.1 Å². The van der Waals surface area contributed by atoms with Crippen molar-refractivity contribution in [3.05, 3.63) is 53.1 Å². The highest BCUT2D eigenvalue weighted by atomic mass is 32.2. The Morgan fingerprint density at radius 2 is 1.67 bits per heavy atom. The van der Waals surface area contributed by atoms with Crippen LogP contribution in [0.25, 0.3) is 0 Å². The number of nitrogens with zero attached hydrogens (tertiary/aromatic N) is 1. The van der Waals surface area contributed by atoms with E-state index in [0.29, 0.717) is 16.8 Å². The highest BCUT2D eigenvalue weighted by molar-refractivity contribution is 7.94. The summed E-state index contributed by atoms with van der Waals surface area (Å²) in [6.07, 6.45) is -0.0740. The van der Waals surface area contributed by atoms with Gasteiger partial charge in [-0.05, 0) is 61.7 Å². The first-order chi connectivity index (χ1) is 12.5. The molecule has 3 rings (SSSR count). The molecule has 1 saturated heterocycles. The second-order valence-corrected chi connectivity index (χ2v) is 10.2. The summed E-state index contributed by atoms with van der Waals surface area (Å²) in [7, 11) is -7.58. The van der Waals surface area contributed by atoms with Crippen molar-refractivity contribution in [3.63, 3.8) is 0 Å². The minimum absolute atomic E-state index is 0.0665. The molecule has 1 amide bonds. The number of sulfonamides is 2. The van der Waals surface area contributed by atoms with E-state index in [0.717, 1.165) is 9.87 Å². The summed E-state index contributed by atoms with van der Waals surface area (Å²) in [5.41, 5.74) is 2.24. The summed E-state index contributed by atoms with van der Waals surface area (Å²) >= 11 is 0. The van der Waals surface area contributed by atoms with Crippen LogP contribution in [0.4, 0.5) is 11.4 Å². The third kappa shape index (κ3) is 3.70. The van der Waals surface area contributed by atoms with E-state index >= 15 is 0 Å². The molecule has 0 radical (unpaired) electrons. The number of hydrogen-bond donors (Lipinski definition) is 1. The Morgan fingerprint density at radius 1 is 1.04 bits per heavy atom. The first-order valence-electron chi connectivity index (χ1n) is 8.28. The zero-order valence-corrected chi connectivity index (χ0v) is 16.8. The summed E-state index contributed by atoms with van der Waals surface area (Å²) < 4.78 is 53.3. The van der Waals surface area contributed by atoms with Gasteiger partial charge >= 0.3 is 0 Å². The molecule has 7 nitrogen and oxygen atoms in total. The first-order valence-corrected chi connectivity index (χ1v) is 11.4. The van der Waals surface area contributed by atoms with Gasteiger partial charge in [0.15, 0.2) is 0 Å². The zero-order chi connectivity index (χ0) is 20.0. The summed E-state index contributed by atoms with van der Waals surface area (Å²) in [4.78, 5) is 12.1. The van der Waals surface area contributed by atoms with Gasteiger partial charge in [0.25, 0.3) is 10.0 Å². The minimum atomic E-state index is -3.88. The maximum atomic E-state index is 12.9. The van der Waals surface area contributed by atoms with E-state index in [2.05, 4.69) is 4.72 Å². The number of benzene rings is 2. The Kier molecular flexibility index (Phi) is 4.77. The van der Waals surface area contributed by atoms with Crippen LogP contribution in [-0.2, 0) is 24.8 Å². The van der Waals surface area contributed by atoms with Gasteiger partial charge in [0.05, 0.1) is 16.3 Å². The molecule has 0 aliphatic carbocycles. The molecule has 144 valence electrons. The summed E-state index contributed by atoms with van der Waals surface area (Å²) in [6.45, 7) is 5.01. The van der Waals surface area contributed by atoms with Crippen LogP contribution >= 0.6 is 0 Å². The van der Waals surface area contributed by atoms with Gasteiger partial charge in [-0.15, -0.1) is 0 Å². The maximum absolute atomic E-state index is 12.9. The predicted octanol–water partition coefficient (Wildman–Crippen LogP) is 2.48. The lowest BCUT2D eigenvalue weighted by atomic mass is 10.1. The van der Waals surface area contributed by atoms with Crippen LogP contribution in [0.15, 0.2) is 41.3 Å². The molecule has 2 aromatic rings. The van der Waals surface area contributed by atoms with Gasteiger partial charge in [0.1, 0.15) is 0 Å². The van der Waals surface area contributed by atoms with Crippen molar-refractivity contribution < 1.29 is 21.6 Å². The Labute approximate surface area is 159 Å². The average Bonchev–Trinajstić information content (AvgIpc) is 2.78. The van der Waals surface area contributed by atoms with Gasteiger partial charge in [0.2, 0.25) is 15.9 Å². The van der Waals surface area contributed by atoms with Crippen LogP contribution < -0.4 is 9.03 Å².